The highest BCUT2D eigenvalue weighted by atomic mass is 19.3. The van der Waals surface area contributed by atoms with Crippen LogP contribution < -0.4 is 0 Å². The first-order chi connectivity index (χ1) is 6.56. The molecule has 0 aromatic heterocycles. The fourth-order valence-electron chi connectivity index (χ4n) is 1.54. The van der Waals surface area contributed by atoms with Gasteiger partial charge in [-0.15, -0.1) is 0 Å². The Morgan fingerprint density at radius 3 is 2.21 bits per heavy atom. The molecule has 2 heteroatoms. The van der Waals surface area contributed by atoms with Crippen LogP contribution in [-0.4, -0.2) is 0 Å². The molecule has 1 rings (SSSR count). The van der Waals surface area contributed by atoms with Gasteiger partial charge in [0.1, 0.15) is 0 Å². The number of hydrogen-bond donors (Lipinski definition) is 0. The third-order valence-corrected chi connectivity index (χ3v) is 2.42. The van der Waals surface area contributed by atoms with Crippen LogP contribution in [0.4, 0.5) is 8.78 Å². The molecule has 14 heavy (non-hydrogen) atoms. The fraction of sp³-hybridized carbons (Fsp3) is 0.500. The maximum Gasteiger partial charge on any atom is 0.264 e. The highest BCUT2D eigenvalue weighted by molar-refractivity contribution is 5.35. The lowest BCUT2D eigenvalue weighted by molar-refractivity contribution is 0.150. The van der Waals surface area contributed by atoms with Gasteiger partial charge in [-0.3, -0.25) is 0 Å². The molecular formula is C12H16F2. The smallest absolute Gasteiger partial charge is 0.205 e. The maximum atomic E-state index is 12.6. The predicted molar refractivity (Wildman–Crippen MR) is 54.9 cm³/mol. The molecule has 1 aromatic carbocycles. The summed E-state index contributed by atoms with van der Waals surface area (Å²) in [4.78, 5) is 0. The molecule has 0 aliphatic rings. The van der Waals surface area contributed by atoms with Crippen LogP contribution in [0.2, 0.25) is 0 Å². The molecule has 0 radical (unpaired) electrons. The van der Waals surface area contributed by atoms with Crippen molar-refractivity contribution in [3.63, 3.8) is 0 Å². The molecule has 1 aromatic rings. The van der Waals surface area contributed by atoms with Crippen molar-refractivity contribution >= 4 is 0 Å². The molecule has 0 saturated carbocycles. The number of rotatable bonds is 3. The van der Waals surface area contributed by atoms with Crippen LogP contribution in [0.5, 0.6) is 0 Å². The van der Waals surface area contributed by atoms with Crippen molar-refractivity contribution in [1.29, 1.82) is 0 Å². The molecule has 0 heterocycles. The van der Waals surface area contributed by atoms with Gasteiger partial charge in [0, 0.05) is 5.56 Å². The Morgan fingerprint density at radius 2 is 1.79 bits per heavy atom. The van der Waals surface area contributed by atoms with Crippen LogP contribution in [0.1, 0.15) is 49.8 Å². The van der Waals surface area contributed by atoms with Crippen molar-refractivity contribution in [1.82, 2.24) is 0 Å². The molecule has 0 saturated heterocycles. The normalized spacial score (nSPS) is 11.4. The monoisotopic (exact) mass is 198 g/mol. The number of alkyl halides is 2. The Hall–Kier alpha value is -0.920. The van der Waals surface area contributed by atoms with Crippen molar-refractivity contribution in [2.45, 2.75) is 39.5 Å². The van der Waals surface area contributed by atoms with E-state index >= 15 is 0 Å². The lowest BCUT2D eigenvalue weighted by atomic mass is 9.94. The minimum atomic E-state index is -2.36. The van der Waals surface area contributed by atoms with Gasteiger partial charge in [-0.25, -0.2) is 8.78 Å². The van der Waals surface area contributed by atoms with Gasteiger partial charge in [-0.1, -0.05) is 39.0 Å². The summed E-state index contributed by atoms with van der Waals surface area (Å²) < 4.78 is 25.2. The zero-order valence-electron chi connectivity index (χ0n) is 8.85. The minimum absolute atomic E-state index is 0.158. The number of aryl methyl sites for hydroxylation is 1. The molecule has 0 N–H and O–H groups in total. The first kappa shape index (κ1) is 11.2. The Balaban J connectivity index is 3.17. The SMILES string of the molecule is CCc1ccc(C(F)F)c(C(C)C)c1. The number of hydrogen-bond acceptors (Lipinski definition) is 0. The molecule has 0 amide bonds. The summed E-state index contributed by atoms with van der Waals surface area (Å²) in [7, 11) is 0. The highest BCUT2D eigenvalue weighted by Gasteiger charge is 2.14. The van der Waals surface area contributed by atoms with Crippen molar-refractivity contribution in [3.05, 3.63) is 34.9 Å². The minimum Gasteiger partial charge on any atom is -0.205 e. The van der Waals surface area contributed by atoms with Crippen molar-refractivity contribution in [3.8, 4) is 0 Å². The van der Waals surface area contributed by atoms with Crippen molar-refractivity contribution in [2.24, 2.45) is 0 Å². The first-order valence-corrected chi connectivity index (χ1v) is 4.97. The second-order valence-corrected chi connectivity index (χ2v) is 3.77. The zero-order chi connectivity index (χ0) is 10.7. The maximum absolute atomic E-state index is 12.6. The lowest BCUT2D eigenvalue weighted by Gasteiger charge is -2.13. The molecule has 0 unspecified atom stereocenters. The molecule has 0 nitrogen and oxygen atoms in total. The van der Waals surface area contributed by atoms with Gasteiger partial charge in [0.05, 0.1) is 0 Å². The van der Waals surface area contributed by atoms with E-state index in [4.69, 9.17) is 0 Å². The molecule has 0 spiro atoms. The molecule has 0 fully saturated rings. The van der Waals surface area contributed by atoms with E-state index in [-0.39, 0.29) is 11.5 Å². The molecule has 0 atom stereocenters. The van der Waals surface area contributed by atoms with Gasteiger partial charge in [0.25, 0.3) is 6.43 Å². The highest BCUT2D eigenvalue weighted by Crippen LogP contribution is 2.29. The van der Waals surface area contributed by atoms with E-state index in [1.165, 1.54) is 0 Å². The number of benzene rings is 1. The zero-order valence-corrected chi connectivity index (χ0v) is 8.85. The third kappa shape index (κ3) is 2.31. The number of halogens is 2. The average molecular weight is 198 g/mol. The predicted octanol–water partition coefficient (Wildman–Crippen LogP) is 4.31. The Morgan fingerprint density at radius 1 is 1.14 bits per heavy atom. The Labute approximate surface area is 84.0 Å². The lowest BCUT2D eigenvalue weighted by Crippen LogP contribution is -1.98. The van der Waals surface area contributed by atoms with E-state index in [0.29, 0.717) is 0 Å². The molecule has 0 aliphatic heterocycles. The summed E-state index contributed by atoms with van der Waals surface area (Å²) in [5.74, 6) is 0.158. The molecule has 78 valence electrons. The van der Waals surface area contributed by atoms with Gasteiger partial charge in [-0.2, -0.15) is 0 Å². The quantitative estimate of drug-likeness (QED) is 0.678. The average Bonchev–Trinajstić information content (AvgIpc) is 2.16. The summed E-state index contributed by atoms with van der Waals surface area (Å²) in [6.45, 7) is 5.92. The topological polar surface area (TPSA) is 0 Å². The van der Waals surface area contributed by atoms with E-state index in [2.05, 4.69) is 0 Å². The van der Waals surface area contributed by atoms with Crippen molar-refractivity contribution in [2.75, 3.05) is 0 Å². The van der Waals surface area contributed by atoms with Crippen LogP contribution >= 0.6 is 0 Å². The van der Waals surface area contributed by atoms with Gasteiger partial charge in [0.2, 0.25) is 0 Å². The summed E-state index contributed by atoms with van der Waals surface area (Å²) in [5.41, 5.74) is 2.08. The molecule has 0 aliphatic carbocycles. The molecular weight excluding hydrogens is 182 g/mol. The van der Waals surface area contributed by atoms with E-state index < -0.39 is 6.43 Å². The van der Waals surface area contributed by atoms with E-state index in [1.807, 2.05) is 26.8 Å². The fourth-order valence-corrected chi connectivity index (χ4v) is 1.54. The Kier molecular flexibility index (Phi) is 3.62. The second-order valence-electron chi connectivity index (χ2n) is 3.77. The molecule has 0 bridgehead atoms. The Bertz CT molecular complexity index is 303. The summed E-state index contributed by atoms with van der Waals surface area (Å²) in [6, 6.07) is 5.23. The van der Waals surface area contributed by atoms with Gasteiger partial charge in [-0.05, 0) is 23.5 Å². The van der Waals surface area contributed by atoms with E-state index in [1.54, 1.807) is 12.1 Å². The van der Waals surface area contributed by atoms with Crippen LogP contribution in [0.25, 0.3) is 0 Å². The van der Waals surface area contributed by atoms with Gasteiger partial charge >= 0.3 is 0 Å². The van der Waals surface area contributed by atoms with Crippen LogP contribution in [0.3, 0.4) is 0 Å². The van der Waals surface area contributed by atoms with E-state index in [0.717, 1.165) is 17.5 Å². The van der Waals surface area contributed by atoms with Gasteiger partial charge in [0.15, 0.2) is 0 Å². The van der Waals surface area contributed by atoms with Crippen LogP contribution in [0, 0.1) is 0 Å². The van der Waals surface area contributed by atoms with E-state index in [9.17, 15) is 8.78 Å². The second kappa shape index (κ2) is 4.54. The standard InChI is InChI=1S/C12H16F2/c1-4-9-5-6-10(12(13)14)11(7-9)8(2)3/h5-8,12H,4H2,1-3H3. The first-order valence-electron chi connectivity index (χ1n) is 4.97. The van der Waals surface area contributed by atoms with Crippen LogP contribution in [0.15, 0.2) is 18.2 Å². The largest absolute Gasteiger partial charge is 0.264 e. The van der Waals surface area contributed by atoms with Crippen LogP contribution in [-0.2, 0) is 6.42 Å². The third-order valence-electron chi connectivity index (χ3n) is 2.42. The summed E-state index contributed by atoms with van der Waals surface area (Å²) in [5, 5.41) is 0. The summed E-state index contributed by atoms with van der Waals surface area (Å²) in [6.07, 6.45) is -1.47. The van der Waals surface area contributed by atoms with Crippen molar-refractivity contribution < 1.29 is 8.78 Å². The van der Waals surface area contributed by atoms with Gasteiger partial charge < -0.3 is 0 Å². The summed E-state index contributed by atoms with van der Waals surface area (Å²) >= 11 is 0.